The molecule has 1 aliphatic heterocycles. The highest BCUT2D eigenvalue weighted by molar-refractivity contribution is 5.91. The Hall–Kier alpha value is -1.75. The van der Waals surface area contributed by atoms with Crippen LogP contribution in [-0.4, -0.2) is 43.3 Å². The molecule has 2 atom stereocenters. The Kier molecular flexibility index (Phi) is 4.27. The monoisotopic (exact) mass is 264 g/mol. The summed E-state index contributed by atoms with van der Waals surface area (Å²) in [6.07, 6.45) is 0.124. The molecule has 2 rings (SSSR count). The molecule has 1 saturated heterocycles. The van der Waals surface area contributed by atoms with Crippen molar-refractivity contribution in [2.45, 2.75) is 26.1 Å². The lowest BCUT2D eigenvalue weighted by Crippen LogP contribution is -2.49. The van der Waals surface area contributed by atoms with Gasteiger partial charge >= 0.3 is 6.03 Å². The number of nitrogens with one attached hydrogen (secondary N) is 1. The highest BCUT2D eigenvalue weighted by atomic mass is 16.5. The van der Waals surface area contributed by atoms with Gasteiger partial charge < -0.3 is 19.7 Å². The van der Waals surface area contributed by atoms with Crippen molar-refractivity contribution in [1.29, 1.82) is 0 Å². The summed E-state index contributed by atoms with van der Waals surface area (Å²) in [5.41, 5.74) is 0.682. The number of urea groups is 1. The molecule has 5 heteroatoms. The predicted octanol–water partition coefficient (Wildman–Crippen LogP) is 2.34. The number of benzene rings is 1. The van der Waals surface area contributed by atoms with Crippen LogP contribution in [0.2, 0.25) is 0 Å². The molecule has 1 aromatic rings. The van der Waals surface area contributed by atoms with E-state index < -0.39 is 0 Å². The number of morpholine rings is 1. The van der Waals surface area contributed by atoms with Crippen LogP contribution in [0.15, 0.2) is 24.3 Å². The molecule has 1 N–H and O–H groups in total. The lowest BCUT2D eigenvalue weighted by molar-refractivity contribution is -0.0530. The minimum Gasteiger partial charge on any atom is -0.495 e. The molecule has 0 bridgehead atoms. The average molecular weight is 264 g/mol. The molecular formula is C14H20N2O3. The van der Waals surface area contributed by atoms with Crippen LogP contribution in [0.3, 0.4) is 0 Å². The molecule has 2 amide bonds. The number of para-hydroxylation sites is 2. The number of carbonyl (C=O) groups is 1. The van der Waals surface area contributed by atoms with E-state index in [2.05, 4.69) is 5.32 Å². The molecule has 1 fully saturated rings. The van der Waals surface area contributed by atoms with E-state index in [1.54, 1.807) is 12.0 Å². The summed E-state index contributed by atoms with van der Waals surface area (Å²) in [5, 5.41) is 2.88. The molecule has 19 heavy (non-hydrogen) atoms. The van der Waals surface area contributed by atoms with Gasteiger partial charge in [0.2, 0.25) is 0 Å². The number of hydrogen-bond acceptors (Lipinski definition) is 3. The minimum atomic E-state index is -0.119. The Bertz CT molecular complexity index is 440. The van der Waals surface area contributed by atoms with Gasteiger partial charge in [-0.1, -0.05) is 12.1 Å². The SMILES string of the molecule is COc1ccccc1NC(=O)N1C[C@@H](C)O[C@H](C)C1. The smallest absolute Gasteiger partial charge is 0.322 e. The van der Waals surface area contributed by atoms with Gasteiger partial charge in [-0.2, -0.15) is 0 Å². The maximum atomic E-state index is 12.2. The first-order chi connectivity index (χ1) is 9.10. The van der Waals surface area contributed by atoms with E-state index >= 15 is 0 Å². The molecule has 1 heterocycles. The Labute approximate surface area is 113 Å². The summed E-state index contributed by atoms with van der Waals surface area (Å²) in [7, 11) is 1.59. The van der Waals surface area contributed by atoms with Gasteiger partial charge in [0.05, 0.1) is 25.0 Å². The quantitative estimate of drug-likeness (QED) is 0.892. The summed E-state index contributed by atoms with van der Waals surface area (Å²) < 4.78 is 10.8. The van der Waals surface area contributed by atoms with Gasteiger partial charge in [-0.05, 0) is 26.0 Å². The molecule has 104 valence electrons. The summed E-state index contributed by atoms with van der Waals surface area (Å²) in [4.78, 5) is 14.0. The zero-order chi connectivity index (χ0) is 13.8. The summed E-state index contributed by atoms with van der Waals surface area (Å²) in [6.45, 7) is 5.15. The third-order valence-corrected chi connectivity index (χ3v) is 3.06. The summed E-state index contributed by atoms with van der Waals surface area (Å²) in [6, 6.07) is 7.26. The fourth-order valence-electron chi connectivity index (χ4n) is 2.29. The van der Waals surface area contributed by atoms with E-state index in [0.29, 0.717) is 24.5 Å². The molecule has 5 nitrogen and oxygen atoms in total. The van der Waals surface area contributed by atoms with Gasteiger partial charge in [-0.25, -0.2) is 4.79 Å². The van der Waals surface area contributed by atoms with Crippen molar-refractivity contribution in [1.82, 2.24) is 4.90 Å². The maximum Gasteiger partial charge on any atom is 0.322 e. The van der Waals surface area contributed by atoms with Crippen LogP contribution in [0, 0.1) is 0 Å². The average Bonchev–Trinajstić information content (AvgIpc) is 2.38. The Morgan fingerprint density at radius 2 is 1.95 bits per heavy atom. The molecule has 0 spiro atoms. The highest BCUT2D eigenvalue weighted by Gasteiger charge is 2.26. The number of ether oxygens (including phenoxy) is 2. The second-order valence-corrected chi connectivity index (χ2v) is 4.79. The first kappa shape index (κ1) is 13.7. The predicted molar refractivity (Wildman–Crippen MR) is 73.6 cm³/mol. The van der Waals surface area contributed by atoms with Crippen LogP contribution in [0.5, 0.6) is 5.75 Å². The van der Waals surface area contributed by atoms with Gasteiger partial charge in [0, 0.05) is 13.1 Å². The Balaban J connectivity index is 2.04. The summed E-state index contributed by atoms with van der Waals surface area (Å²) in [5.74, 6) is 0.658. The van der Waals surface area contributed by atoms with Crippen molar-refractivity contribution >= 4 is 11.7 Å². The van der Waals surface area contributed by atoms with Crippen LogP contribution in [0.4, 0.5) is 10.5 Å². The fourth-order valence-corrected chi connectivity index (χ4v) is 2.29. The third kappa shape index (κ3) is 3.38. The molecule has 0 saturated carbocycles. The van der Waals surface area contributed by atoms with Crippen molar-refractivity contribution in [3.8, 4) is 5.75 Å². The van der Waals surface area contributed by atoms with Crippen LogP contribution in [0.25, 0.3) is 0 Å². The van der Waals surface area contributed by atoms with Gasteiger partial charge in [0.15, 0.2) is 0 Å². The first-order valence-corrected chi connectivity index (χ1v) is 6.44. The minimum absolute atomic E-state index is 0.0622. The molecule has 0 unspecified atom stereocenters. The van der Waals surface area contributed by atoms with Crippen LogP contribution < -0.4 is 10.1 Å². The molecule has 1 aromatic carbocycles. The maximum absolute atomic E-state index is 12.2. The molecule has 1 aliphatic rings. The van der Waals surface area contributed by atoms with Crippen molar-refractivity contribution < 1.29 is 14.3 Å². The number of anilines is 1. The molecular weight excluding hydrogens is 244 g/mol. The second kappa shape index (κ2) is 5.93. The van der Waals surface area contributed by atoms with E-state index in [0.717, 1.165) is 0 Å². The van der Waals surface area contributed by atoms with Crippen LogP contribution in [-0.2, 0) is 4.74 Å². The fraction of sp³-hybridized carbons (Fsp3) is 0.500. The third-order valence-electron chi connectivity index (χ3n) is 3.06. The summed E-state index contributed by atoms with van der Waals surface area (Å²) >= 11 is 0. The zero-order valence-corrected chi connectivity index (χ0v) is 11.6. The number of methoxy groups -OCH3 is 1. The van der Waals surface area contributed by atoms with Gasteiger partial charge in [0.1, 0.15) is 5.75 Å². The number of nitrogens with zero attached hydrogens (tertiary/aromatic N) is 1. The van der Waals surface area contributed by atoms with E-state index in [4.69, 9.17) is 9.47 Å². The van der Waals surface area contributed by atoms with E-state index in [-0.39, 0.29) is 18.2 Å². The van der Waals surface area contributed by atoms with Gasteiger partial charge in [0.25, 0.3) is 0 Å². The standard InChI is InChI=1S/C14H20N2O3/c1-10-8-16(9-11(2)19-10)14(17)15-12-6-4-5-7-13(12)18-3/h4-7,10-11H,8-9H2,1-3H3,(H,15,17)/t10-,11-/m1/s1. The number of hydrogen-bond donors (Lipinski definition) is 1. The normalized spacial score (nSPS) is 23.0. The molecule has 0 aliphatic carbocycles. The van der Waals surface area contributed by atoms with Crippen molar-refractivity contribution in [3.63, 3.8) is 0 Å². The Morgan fingerprint density at radius 3 is 2.58 bits per heavy atom. The topological polar surface area (TPSA) is 50.8 Å². The van der Waals surface area contributed by atoms with E-state index in [1.807, 2.05) is 38.1 Å². The van der Waals surface area contributed by atoms with Crippen molar-refractivity contribution in [3.05, 3.63) is 24.3 Å². The number of carbonyl (C=O) groups excluding carboxylic acids is 1. The lowest BCUT2D eigenvalue weighted by Gasteiger charge is -2.35. The van der Waals surface area contributed by atoms with Crippen molar-refractivity contribution in [2.24, 2.45) is 0 Å². The first-order valence-electron chi connectivity index (χ1n) is 6.44. The van der Waals surface area contributed by atoms with Gasteiger partial charge in [-0.3, -0.25) is 0 Å². The van der Waals surface area contributed by atoms with Crippen LogP contribution >= 0.6 is 0 Å². The second-order valence-electron chi connectivity index (χ2n) is 4.79. The largest absolute Gasteiger partial charge is 0.495 e. The highest BCUT2D eigenvalue weighted by Crippen LogP contribution is 2.23. The van der Waals surface area contributed by atoms with Gasteiger partial charge in [-0.15, -0.1) is 0 Å². The molecule has 0 aromatic heterocycles. The molecule has 0 radical (unpaired) electrons. The van der Waals surface area contributed by atoms with Crippen LogP contribution in [0.1, 0.15) is 13.8 Å². The van der Waals surface area contributed by atoms with E-state index in [1.165, 1.54) is 0 Å². The van der Waals surface area contributed by atoms with Crippen molar-refractivity contribution in [2.75, 3.05) is 25.5 Å². The number of amides is 2. The lowest BCUT2D eigenvalue weighted by atomic mass is 10.2. The zero-order valence-electron chi connectivity index (χ0n) is 11.6. The Morgan fingerprint density at radius 1 is 1.32 bits per heavy atom. The van der Waals surface area contributed by atoms with E-state index in [9.17, 15) is 4.79 Å². The number of rotatable bonds is 2.